The quantitative estimate of drug-likeness (QED) is 0.150. The van der Waals surface area contributed by atoms with Gasteiger partial charge in [0.25, 0.3) is 0 Å². The van der Waals surface area contributed by atoms with Crippen LogP contribution in [0.4, 0.5) is 18.9 Å². The first-order valence-electron chi connectivity index (χ1n) is 22.5. The summed E-state index contributed by atoms with van der Waals surface area (Å²) in [5.74, 6) is 0. The van der Waals surface area contributed by atoms with E-state index in [2.05, 4.69) is 47.3 Å². The maximum absolute atomic E-state index is 14.9. The monoisotopic (exact) mass is 908 g/mol. The van der Waals surface area contributed by atoms with Crippen LogP contribution in [0.15, 0.2) is 213 Å². The minimum atomic E-state index is -4.75. The number of halogens is 3. The lowest BCUT2D eigenvalue weighted by atomic mass is 9.96. The number of nitrogens with zero attached hydrogens (tertiary/aromatic N) is 6. The third-order valence-corrected chi connectivity index (χ3v) is 13.1. The van der Waals surface area contributed by atoms with Crippen LogP contribution in [0.1, 0.15) is 11.1 Å². The molecule has 0 aliphatic heterocycles. The molecule has 0 N–H and O–H groups in total. The molecule has 0 unspecified atom stereocenters. The molecule has 0 radical (unpaired) electrons. The lowest BCUT2D eigenvalue weighted by molar-refractivity contribution is -0.137. The van der Waals surface area contributed by atoms with E-state index in [0.29, 0.717) is 16.9 Å². The van der Waals surface area contributed by atoms with Crippen LogP contribution in [0.3, 0.4) is 0 Å². The number of nitriles is 1. The zero-order valence-electron chi connectivity index (χ0n) is 37.0. The summed E-state index contributed by atoms with van der Waals surface area (Å²) in [6.45, 7) is 7.95. The molecule has 12 rings (SSSR count). The fraction of sp³-hybridized carbons (Fsp3) is 0.0164. The van der Waals surface area contributed by atoms with E-state index in [4.69, 9.17) is 16.5 Å². The summed E-state index contributed by atoms with van der Waals surface area (Å²) in [6.07, 6.45) is -1.21. The van der Waals surface area contributed by atoms with Crippen LogP contribution in [-0.2, 0) is 6.18 Å². The zero-order valence-corrected chi connectivity index (χ0v) is 37.0. The first kappa shape index (κ1) is 41.8. The van der Waals surface area contributed by atoms with Crippen LogP contribution >= 0.6 is 0 Å². The van der Waals surface area contributed by atoms with Crippen LogP contribution in [0.25, 0.3) is 116 Å². The second-order valence-corrected chi connectivity index (χ2v) is 17.1. The minimum absolute atomic E-state index is 0.164. The topological polar surface area (TPSA) is 63.8 Å². The van der Waals surface area contributed by atoms with Crippen molar-refractivity contribution in [3.63, 3.8) is 0 Å². The molecule has 0 amide bonds. The predicted octanol–water partition coefficient (Wildman–Crippen LogP) is 16.4. The van der Waals surface area contributed by atoms with Crippen molar-refractivity contribution in [2.75, 3.05) is 0 Å². The van der Waals surface area contributed by atoms with Crippen molar-refractivity contribution in [1.82, 2.24) is 19.1 Å². The number of pyridine rings is 2. The number of para-hydroxylation sites is 2. The highest BCUT2D eigenvalue weighted by molar-refractivity contribution is 6.12. The number of hydrogen-bond acceptors (Lipinski definition) is 3. The average molecular weight is 909 g/mol. The first-order chi connectivity index (χ1) is 34.3. The molecular formula is C61H35F3N6. The number of rotatable bonds is 7. The Labute approximate surface area is 399 Å². The van der Waals surface area contributed by atoms with Gasteiger partial charge in [0.1, 0.15) is 6.07 Å². The number of hydrogen-bond donors (Lipinski definition) is 0. The van der Waals surface area contributed by atoms with Crippen molar-refractivity contribution in [3.05, 3.63) is 235 Å². The van der Waals surface area contributed by atoms with Gasteiger partial charge in [0.2, 0.25) is 0 Å². The lowest BCUT2D eigenvalue weighted by Crippen LogP contribution is -2.06. The van der Waals surface area contributed by atoms with Crippen molar-refractivity contribution in [1.29, 1.82) is 5.26 Å². The van der Waals surface area contributed by atoms with Gasteiger partial charge in [-0.05, 0) is 83.4 Å². The second-order valence-electron chi connectivity index (χ2n) is 17.1. The molecule has 4 aromatic heterocycles. The average Bonchev–Trinajstić information content (AvgIpc) is 3.92. The Morgan fingerprint density at radius 1 is 0.443 bits per heavy atom. The number of fused-ring (bicyclic) bond motifs is 6. The molecule has 9 heteroatoms. The number of alkyl halides is 3. The van der Waals surface area contributed by atoms with Gasteiger partial charge in [0.15, 0.2) is 5.69 Å². The summed E-state index contributed by atoms with van der Waals surface area (Å²) in [6, 6.07) is 65.6. The molecule has 4 heterocycles. The van der Waals surface area contributed by atoms with E-state index in [1.54, 1.807) is 18.5 Å². The van der Waals surface area contributed by atoms with E-state index in [1.807, 2.05) is 149 Å². The Morgan fingerprint density at radius 2 is 0.943 bits per heavy atom. The Bertz CT molecular complexity index is 4140. The lowest BCUT2D eigenvalue weighted by Gasteiger charge is -2.20. The van der Waals surface area contributed by atoms with E-state index < -0.39 is 11.7 Å². The second kappa shape index (κ2) is 16.6. The highest BCUT2D eigenvalue weighted by atomic mass is 19.4. The van der Waals surface area contributed by atoms with Gasteiger partial charge in [-0.25, -0.2) is 4.85 Å². The molecule has 6 nitrogen and oxygen atoms in total. The van der Waals surface area contributed by atoms with Crippen molar-refractivity contribution in [2.24, 2.45) is 0 Å². The summed E-state index contributed by atoms with van der Waals surface area (Å²) in [5.41, 5.74) is 10.9. The van der Waals surface area contributed by atoms with E-state index in [1.165, 1.54) is 6.07 Å². The Balaban J connectivity index is 1.17. The Kier molecular flexibility index (Phi) is 9.94. The van der Waals surface area contributed by atoms with Crippen molar-refractivity contribution in [2.45, 2.75) is 6.18 Å². The predicted molar refractivity (Wildman–Crippen MR) is 274 cm³/mol. The minimum Gasteiger partial charge on any atom is -0.309 e. The van der Waals surface area contributed by atoms with Gasteiger partial charge < -0.3 is 9.13 Å². The summed E-state index contributed by atoms with van der Waals surface area (Å²) >= 11 is 0. The molecular weight excluding hydrogens is 874 g/mol. The third-order valence-electron chi connectivity index (χ3n) is 13.1. The van der Waals surface area contributed by atoms with Gasteiger partial charge >= 0.3 is 6.18 Å². The highest BCUT2D eigenvalue weighted by Gasteiger charge is 2.32. The van der Waals surface area contributed by atoms with Crippen LogP contribution in [0, 0.1) is 17.9 Å². The molecule has 0 aliphatic carbocycles. The largest absolute Gasteiger partial charge is 0.415 e. The summed E-state index contributed by atoms with van der Waals surface area (Å²) in [5, 5.41) is 15.0. The van der Waals surface area contributed by atoms with Crippen LogP contribution in [-0.4, -0.2) is 19.1 Å². The molecule has 0 atom stereocenters. The summed E-state index contributed by atoms with van der Waals surface area (Å²) in [7, 11) is 0. The van der Waals surface area contributed by atoms with E-state index in [9.17, 15) is 18.4 Å². The molecule has 70 heavy (non-hydrogen) atoms. The van der Waals surface area contributed by atoms with Crippen molar-refractivity contribution in [3.8, 4) is 73.3 Å². The fourth-order valence-electron chi connectivity index (χ4n) is 9.99. The van der Waals surface area contributed by atoms with Gasteiger partial charge in [0.05, 0.1) is 57.0 Å². The Morgan fingerprint density at radius 3 is 1.46 bits per heavy atom. The van der Waals surface area contributed by atoms with E-state index in [-0.39, 0.29) is 16.8 Å². The fourth-order valence-corrected chi connectivity index (χ4v) is 9.99. The third kappa shape index (κ3) is 6.96. The molecule has 0 spiro atoms. The standard InChI is InChI=1S/C61H35F3N6/c1-66-45-31-42(30-44(35-45)61(62,63)64)52-36-55(69-53-22-10-8-18-48(53)50-26-24-40(32-56(50)69)46-20-12-28-67-59(46)38-14-4-2-5-15-38)43(37-65)34-58(52)70-54-23-11-9-19-49(54)51-27-25-41(33-57(51)70)47-21-13-29-68-60(47)39-16-6-3-7-17-39/h2-36H. The molecule has 0 saturated carbocycles. The first-order valence-corrected chi connectivity index (χ1v) is 22.5. The molecule has 0 fully saturated rings. The van der Waals surface area contributed by atoms with Gasteiger partial charge in [-0.3, -0.25) is 9.97 Å². The highest BCUT2D eigenvalue weighted by Crippen LogP contribution is 2.45. The van der Waals surface area contributed by atoms with Gasteiger partial charge in [-0.1, -0.05) is 133 Å². The van der Waals surface area contributed by atoms with E-state index >= 15 is 0 Å². The van der Waals surface area contributed by atoms with Crippen molar-refractivity contribution < 1.29 is 13.2 Å². The van der Waals surface area contributed by atoms with Crippen LogP contribution in [0.2, 0.25) is 0 Å². The van der Waals surface area contributed by atoms with Crippen LogP contribution < -0.4 is 0 Å². The maximum Gasteiger partial charge on any atom is 0.415 e. The van der Waals surface area contributed by atoms with Crippen molar-refractivity contribution >= 4 is 49.3 Å². The SMILES string of the molecule is [C-]#[N+]c1cc(-c2cc(-n3c4ccccc4c4ccc(-c5cccnc5-c5ccccc5)cc43)c(C#N)cc2-n2c3ccccc3c3ccc(-c4cccnc4-c4ccccc4)cc32)cc(C(F)(F)F)c1. The molecule has 0 aliphatic rings. The smallest absolute Gasteiger partial charge is 0.309 e. The number of benzene rings is 8. The molecule has 12 aromatic rings. The van der Waals surface area contributed by atoms with Gasteiger partial charge in [0, 0.05) is 67.3 Å². The summed E-state index contributed by atoms with van der Waals surface area (Å²) in [4.78, 5) is 13.1. The van der Waals surface area contributed by atoms with Gasteiger partial charge in [-0.15, -0.1) is 0 Å². The molecule has 0 saturated heterocycles. The normalized spacial score (nSPS) is 11.6. The van der Waals surface area contributed by atoms with E-state index in [0.717, 1.165) is 101 Å². The van der Waals surface area contributed by atoms with Crippen LogP contribution in [0.5, 0.6) is 0 Å². The van der Waals surface area contributed by atoms with Gasteiger partial charge in [-0.2, -0.15) is 18.4 Å². The zero-order chi connectivity index (χ0) is 47.5. The molecule has 330 valence electrons. The molecule has 0 bridgehead atoms. The maximum atomic E-state index is 14.9. The number of aromatic nitrogens is 4. The summed E-state index contributed by atoms with van der Waals surface area (Å²) < 4.78 is 48.7. The molecule has 8 aromatic carbocycles. The Hall–Kier alpha value is -9.57.